The molecule has 3 nitrogen and oxygen atoms in total. The van der Waals surface area contributed by atoms with Crippen molar-refractivity contribution in [2.75, 3.05) is 26.6 Å². The van der Waals surface area contributed by atoms with Crippen LogP contribution in [0, 0.1) is 0 Å². The molecule has 0 bridgehead atoms. The molecule has 0 spiro atoms. The molecule has 0 fully saturated rings. The van der Waals surface area contributed by atoms with Crippen molar-refractivity contribution >= 4 is 11.8 Å². The predicted octanol–water partition coefficient (Wildman–Crippen LogP) is 1.90. The molecule has 1 N–H and O–H groups in total. The summed E-state index contributed by atoms with van der Waals surface area (Å²) >= 11 is 1.71. The maximum Gasteiger partial charge on any atom is 0.138 e. The number of hydrogen-bond acceptors (Lipinski definition) is 4. The third-order valence-electron chi connectivity index (χ3n) is 2.42. The van der Waals surface area contributed by atoms with Crippen LogP contribution in [0.3, 0.4) is 0 Å². The Morgan fingerprint density at radius 1 is 1.53 bits per heavy atom. The second-order valence-corrected chi connectivity index (χ2v) is 4.34. The summed E-state index contributed by atoms with van der Waals surface area (Å²) in [6.45, 7) is 0.947. The van der Waals surface area contributed by atoms with Crippen molar-refractivity contribution < 1.29 is 9.47 Å². The fourth-order valence-corrected chi connectivity index (χ4v) is 2.37. The normalized spacial score (nSPS) is 13.5. The lowest BCUT2D eigenvalue weighted by molar-refractivity contribution is 0.388. The highest BCUT2D eigenvalue weighted by Crippen LogP contribution is 2.40. The molecule has 1 aromatic carbocycles. The minimum absolute atomic E-state index is 0.716. The van der Waals surface area contributed by atoms with Crippen LogP contribution >= 0.6 is 11.8 Å². The van der Waals surface area contributed by atoms with Crippen LogP contribution in [0.1, 0.15) is 5.56 Å². The topological polar surface area (TPSA) is 30.5 Å². The lowest BCUT2D eigenvalue weighted by Gasteiger charge is -2.10. The molecule has 0 radical (unpaired) electrons. The zero-order valence-electron chi connectivity index (χ0n) is 9.00. The molecule has 0 saturated heterocycles. The minimum Gasteiger partial charge on any atom is -0.496 e. The quantitative estimate of drug-likeness (QED) is 0.848. The van der Waals surface area contributed by atoms with Crippen LogP contribution < -0.4 is 14.8 Å². The van der Waals surface area contributed by atoms with E-state index < -0.39 is 0 Å². The first-order valence-electron chi connectivity index (χ1n) is 4.96. The van der Waals surface area contributed by atoms with Crippen LogP contribution in [0.15, 0.2) is 17.0 Å². The van der Waals surface area contributed by atoms with Gasteiger partial charge < -0.3 is 14.8 Å². The predicted molar refractivity (Wildman–Crippen MR) is 62.0 cm³/mol. The summed E-state index contributed by atoms with van der Waals surface area (Å²) in [6, 6.07) is 4.16. The van der Waals surface area contributed by atoms with Gasteiger partial charge in [0.1, 0.15) is 17.4 Å². The monoisotopic (exact) mass is 225 g/mol. The van der Waals surface area contributed by atoms with Gasteiger partial charge in [-0.2, -0.15) is 0 Å². The van der Waals surface area contributed by atoms with Gasteiger partial charge in [-0.25, -0.2) is 0 Å². The van der Waals surface area contributed by atoms with E-state index in [2.05, 4.69) is 17.4 Å². The maximum absolute atomic E-state index is 5.51. The fourth-order valence-electron chi connectivity index (χ4n) is 1.61. The molecule has 0 amide bonds. The Balaban J connectivity index is 2.27. The van der Waals surface area contributed by atoms with E-state index in [0.29, 0.717) is 5.94 Å². The van der Waals surface area contributed by atoms with E-state index in [9.17, 15) is 0 Å². The molecule has 0 aromatic heterocycles. The van der Waals surface area contributed by atoms with Crippen molar-refractivity contribution in [3.63, 3.8) is 0 Å². The van der Waals surface area contributed by atoms with Gasteiger partial charge in [-0.3, -0.25) is 0 Å². The molecule has 0 saturated carbocycles. The van der Waals surface area contributed by atoms with Crippen LogP contribution in [-0.2, 0) is 6.42 Å². The Labute approximate surface area is 94.2 Å². The highest BCUT2D eigenvalue weighted by molar-refractivity contribution is 7.99. The molecule has 1 aliphatic heterocycles. The number of fused-ring (bicyclic) bond motifs is 1. The van der Waals surface area contributed by atoms with E-state index in [4.69, 9.17) is 9.47 Å². The summed E-state index contributed by atoms with van der Waals surface area (Å²) in [5, 5.41) is 3.13. The van der Waals surface area contributed by atoms with Crippen molar-refractivity contribution in [2.45, 2.75) is 11.3 Å². The number of hydrogen-bond donors (Lipinski definition) is 1. The second-order valence-electron chi connectivity index (χ2n) is 3.37. The minimum atomic E-state index is 0.716. The fraction of sp³-hybridized carbons (Fsp3) is 0.455. The highest BCUT2D eigenvalue weighted by Gasteiger charge is 2.16. The smallest absolute Gasteiger partial charge is 0.138 e. The summed E-state index contributed by atoms with van der Waals surface area (Å²) in [5.74, 6) is 2.67. The van der Waals surface area contributed by atoms with Gasteiger partial charge in [0.2, 0.25) is 0 Å². The molecule has 0 atom stereocenters. The van der Waals surface area contributed by atoms with E-state index >= 15 is 0 Å². The lowest BCUT2D eigenvalue weighted by atomic mass is 10.1. The number of ether oxygens (including phenoxy) is 2. The molecule has 0 aliphatic carbocycles. The van der Waals surface area contributed by atoms with E-state index in [-0.39, 0.29) is 0 Å². The number of likely N-dealkylation sites (N-methyl/N-ethyl adjacent to an activating group) is 1. The number of methoxy groups -OCH3 is 1. The van der Waals surface area contributed by atoms with Crippen LogP contribution in [0.25, 0.3) is 0 Å². The van der Waals surface area contributed by atoms with Gasteiger partial charge in [0, 0.05) is 0 Å². The van der Waals surface area contributed by atoms with Crippen LogP contribution in [0.2, 0.25) is 0 Å². The largest absolute Gasteiger partial charge is 0.496 e. The summed E-state index contributed by atoms with van der Waals surface area (Å²) < 4.78 is 10.9. The Morgan fingerprint density at radius 2 is 2.40 bits per heavy atom. The maximum atomic E-state index is 5.51. The van der Waals surface area contributed by atoms with Gasteiger partial charge in [-0.05, 0) is 37.7 Å². The highest BCUT2D eigenvalue weighted by atomic mass is 32.2. The number of rotatable bonds is 4. The van der Waals surface area contributed by atoms with Crippen molar-refractivity contribution in [1.29, 1.82) is 0 Å². The molecule has 82 valence electrons. The van der Waals surface area contributed by atoms with Crippen LogP contribution in [0.4, 0.5) is 0 Å². The van der Waals surface area contributed by atoms with E-state index in [1.807, 2.05) is 7.05 Å². The summed E-state index contributed by atoms with van der Waals surface area (Å²) in [6.07, 6.45) is 0.959. The SMILES string of the molecule is CNCCc1cc2c(cc1OC)SCO2. The van der Waals surface area contributed by atoms with Crippen molar-refractivity contribution in [2.24, 2.45) is 0 Å². The average Bonchev–Trinajstić information content (AvgIpc) is 2.71. The Bertz CT molecular complexity index is 355. The lowest BCUT2D eigenvalue weighted by Crippen LogP contribution is -2.11. The van der Waals surface area contributed by atoms with E-state index in [1.54, 1.807) is 18.9 Å². The third-order valence-corrected chi connectivity index (χ3v) is 3.29. The van der Waals surface area contributed by atoms with Gasteiger partial charge in [-0.1, -0.05) is 11.8 Å². The first-order chi connectivity index (χ1) is 7.35. The van der Waals surface area contributed by atoms with Gasteiger partial charge in [0.15, 0.2) is 0 Å². The zero-order valence-corrected chi connectivity index (χ0v) is 9.82. The first kappa shape index (κ1) is 10.6. The van der Waals surface area contributed by atoms with Gasteiger partial charge in [-0.15, -0.1) is 0 Å². The third kappa shape index (κ3) is 2.21. The zero-order chi connectivity index (χ0) is 10.7. The molecule has 1 heterocycles. The average molecular weight is 225 g/mol. The summed E-state index contributed by atoms with van der Waals surface area (Å²) in [7, 11) is 3.66. The van der Waals surface area contributed by atoms with Crippen molar-refractivity contribution in [3.8, 4) is 11.5 Å². The van der Waals surface area contributed by atoms with Gasteiger partial charge >= 0.3 is 0 Å². The number of benzene rings is 1. The molecule has 1 aromatic rings. The summed E-state index contributed by atoms with van der Waals surface area (Å²) in [4.78, 5) is 1.18. The Kier molecular flexibility index (Phi) is 3.38. The molecule has 4 heteroatoms. The molecule has 15 heavy (non-hydrogen) atoms. The Hall–Kier alpha value is -0.870. The van der Waals surface area contributed by atoms with E-state index in [0.717, 1.165) is 24.5 Å². The number of thioether (sulfide) groups is 1. The Morgan fingerprint density at radius 3 is 3.13 bits per heavy atom. The molecule has 2 rings (SSSR count). The molecular formula is C11H15NO2S. The molecule has 0 unspecified atom stereocenters. The number of nitrogens with one attached hydrogen (secondary N) is 1. The van der Waals surface area contributed by atoms with Crippen molar-refractivity contribution in [3.05, 3.63) is 17.7 Å². The van der Waals surface area contributed by atoms with E-state index in [1.165, 1.54) is 10.5 Å². The van der Waals surface area contributed by atoms with Gasteiger partial charge in [0.25, 0.3) is 0 Å². The first-order valence-corrected chi connectivity index (χ1v) is 5.95. The summed E-state index contributed by atoms with van der Waals surface area (Å²) in [5.41, 5.74) is 1.20. The van der Waals surface area contributed by atoms with Gasteiger partial charge in [0.05, 0.1) is 12.0 Å². The van der Waals surface area contributed by atoms with Crippen LogP contribution in [-0.4, -0.2) is 26.6 Å². The second kappa shape index (κ2) is 4.77. The standard InChI is InChI=1S/C11H15NO2S/c1-12-4-3-8-5-10-11(15-7-14-10)6-9(8)13-2/h5-6,12H,3-4,7H2,1-2H3. The van der Waals surface area contributed by atoms with Crippen molar-refractivity contribution in [1.82, 2.24) is 5.32 Å². The van der Waals surface area contributed by atoms with Crippen LogP contribution in [0.5, 0.6) is 11.5 Å². The molecule has 1 aliphatic rings. The molecular weight excluding hydrogens is 210 g/mol.